The SMILES string of the molecule is CC[S+]([O-])c1cc(NC)c(NC)nc1C(=O)OC(C)(C)C. The largest absolute Gasteiger partial charge is 0.611 e. The number of esters is 1. The Hall–Kier alpha value is -1.47. The van der Waals surface area contributed by atoms with Gasteiger partial charge in [-0.3, -0.25) is 0 Å². The quantitative estimate of drug-likeness (QED) is 0.640. The predicted molar refractivity (Wildman–Crippen MR) is 85.4 cm³/mol. The third kappa shape index (κ3) is 4.50. The first-order valence-electron chi connectivity index (χ1n) is 6.75. The summed E-state index contributed by atoms with van der Waals surface area (Å²) in [6.07, 6.45) is 0. The van der Waals surface area contributed by atoms with Gasteiger partial charge in [0, 0.05) is 20.2 Å². The van der Waals surface area contributed by atoms with Crippen molar-refractivity contribution in [2.75, 3.05) is 30.5 Å². The van der Waals surface area contributed by atoms with E-state index in [2.05, 4.69) is 15.6 Å². The highest BCUT2D eigenvalue weighted by molar-refractivity contribution is 7.91. The lowest BCUT2D eigenvalue weighted by molar-refractivity contribution is 0.00583. The second kappa shape index (κ2) is 7.00. The van der Waals surface area contributed by atoms with Gasteiger partial charge in [0.05, 0.1) is 5.69 Å². The number of carbonyl (C=O) groups is 1. The molecule has 1 aromatic heterocycles. The molecule has 0 fully saturated rings. The van der Waals surface area contributed by atoms with Crippen molar-refractivity contribution in [2.24, 2.45) is 0 Å². The van der Waals surface area contributed by atoms with Crippen molar-refractivity contribution in [3.63, 3.8) is 0 Å². The minimum atomic E-state index is -1.30. The number of anilines is 2. The second-order valence-corrected chi connectivity index (χ2v) is 7.08. The predicted octanol–water partition coefficient (Wildman–Crippen LogP) is 2.25. The van der Waals surface area contributed by atoms with E-state index in [1.165, 1.54) is 0 Å². The molecule has 1 rings (SSSR count). The molecule has 0 bridgehead atoms. The van der Waals surface area contributed by atoms with Crippen LogP contribution in [0.2, 0.25) is 0 Å². The van der Waals surface area contributed by atoms with Crippen molar-refractivity contribution >= 4 is 28.7 Å². The first-order valence-corrected chi connectivity index (χ1v) is 8.07. The van der Waals surface area contributed by atoms with Gasteiger partial charge in [-0.15, -0.1) is 0 Å². The third-order valence-electron chi connectivity index (χ3n) is 2.59. The lowest BCUT2D eigenvalue weighted by Gasteiger charge is -2.21. The van der Waals surface area contributed by atoms with Gasteiger partial charge in [0.1, 0.15) is 11.4 Å². The highest BCUT2D eigenvalue weighted by Crippen LogP contribution is 2.27. The van der Waals surface area contributed by atoms with Crippen LogP contribution in [0.3, 0.4) is 0 Å². The summed E-state index contributed by atoms with van der Waals surface area (Å²) >= 11 is -1.30. The number of ether oxygens (including phenoxy) is 1. The summed E-state index contributed by atoms with van der Waals surface area (Å²) in [4.78, 5) is 17.0. The van der Waals surface area contributed by atoms with Crippen LogP contribution in [0.15, 0.2) is 11.0 Å². The van der Waals surface area contributed by atoms with Crippen molar-refractivity contribution < 1.29 is 14.1 Å². The van der Waals surface area contributed by atoms with E-state index in [-0.39, 0.29) is 5.69 Å². The Labute approximate surface area is 128 Å². The number of hydrogen-bond donors (Lipinski definition) is 2. The molecule has 0 saturated carbocycles. The maximum atomic E-state index is 12.3. The summed E-state index contributed by atoms with van der Waals surface area (Å²) in [6, 6.07) is 1.68. The van der Waals surface area contributed by atoms with Crippen LogP contribution in [0.5, 0.6) is 0 Å². The molecule has 0 spiro atoms. The highest BCUT2D eigenvalue weighted by Gasteiger charge is 2.28. The van der Waals surface area contributed by atoms with Gasteiger partial charge in [0.15, 0.2) is 10.7 Å². The normalized spacial score (nSPS) is 12.7. The van der Waals surface area contributed by atoms with Gasteiger partial charge < -0.3 is 19.9 Å². The average Bonchev–Trinajstić information content (AvgIpc) is 2.42. The summed E-state index contributed by atoms with van der Waals surface area (Å²) < 4.78 is 17.5. The Kier molecular flexibility index (Phi) is 5.86. The zero-order chi connectivity index (χ0) is 16.2. The van der Waals surface area contributed by atoms with Crippen LogP contribution in [0.25, 0.3) is 0 Å². The van der Waals surface area contributed by atoms with Crippen LogP contribution < -0.4 is 10.6 Å². The van der Waals surface area contributed by atoms with Gasteiger partial charge in [-0.2, -0.15) is 0 Å². The maximum Gasteiger partial charge on any atom is 0.362 e. The van der Waals surface area contributed by atoms with Crippen molar-refractivity contribution in [3.05, 3.63) is 11.8 Å². The number of carbonyl (C=O) groups excluding carboxylic acids is 1. The van der Waals surface area contributed by atoms with E-state index in [1.807, 2.05) is 0 Å². The van der Waals surface area contributed by atoms with Gasteiger partial charge in [0.25, 0.3) is 0 Å². The van der Waals surface area contributed by atoms with Crippen LogP contribution in [0.4, 0.5) is 11.5 Å². The van der Waals surface area contributed by atoms with E-state index in [4.69, 9.17) is 4.74 Å². The summed E-state index contributed by atoms with van der Waals surface area (Å²) in [5.41, 5.74) is 0.140. The highest BCUT2D eigenvalue weighted by atomic mass is 32.2. The molecule has 0 aliphatic carbocycles. The summed E-state index contributed by atoms with van der Waals surface area (Å²) in [5.74, 6) is 0.341. The van der Waals surface area contributed by atoms with E-state index in [9.17, 15) is 9.35 Å². The molecule has 0 aliphatic heterocycles. The fourth-order valence-electron chi connectivity index (χ4n) is 1.68. The molecule has 1 aromatic rings. The molecule has 2 N–H and O–H groups in total. The Morgan fingerprint density at radius 3 is 2.43 bits per heavy atom. The maximum absolute atomic E-state index is 12.3. The fraction of sp³-hybridized carbons (Fsp3) is 0.571. The molecule has 0 aromatic carbocycles. The zero-order valence-electron chi connectivity index (χ0n) is 13.4. The van der Waals surface area contributed by atoms with Gasteiger partial charge in [0.2, 0.25) is 5.69 Å². The minimum Gasteiger partial charge on any atom is -0.611 e. The standard InChI is InChI=1S/C14H23N3O3S/c1-7-21(19)10-8-9(15-5)12(16-6)17-11(10)13(18)20-14(2,3)4/h8,15H,7H2,1-6H3,(H,16,17). The average molecular weight is 313 g/mol. The van der Waals surface area contributed by atoms with Crippen LogP contribution in [-0.4, -0.2) is 41.0 Å². The zero-order valence-corrected chi connectivity index (χ0v) is 14.2. The van der Waals surface area contributed by atoms with Crippen LogP contribution in [0.1, 0.15) is 38.2 Å². The summed E-state index contributed by atoms with van der Waals surface area (Å²) in [5, 5.41) is 5.88. The van der Waals surface area contributed by atoms with E-state index < -0.39 is 22.7 Å². The molecule has 118 valence electrons. The Morgan fingerprint density at radius 1 is 1.38 bits per heavy atom. The molecule has 1 heterocycles. The van der Waals surface area contributed by atoms with Gasteiger partial charge >= 0.3 is 5.97 Å². The third-order valence-corrected chi connectivity index (χ3v) is 3.92. The topological polar surface area (TPSA) is 86.3 Å². The van der Waals surface area contributed by atoms with Crippen LogP contribution in [0, 0.1) is 0 Å². The smallest absolute Gasteiger partial charge is 0.362 e. The molecule has 0 aliphatic rings. The molecule has 0 saturated heterocycles. The Morgan fingerprint density at radius 2 is 2.00 bits per heavy atom. The fourth-order valence-corrected chi connectivity index (χ4v) is 2.58. The number of rotatable bonds is 5. The van der Waals surface area contributed by atoms with Crippen LogP contribution >= 0.6 is 0 Å². The number of hydrogen-bond acceptors (Lipinski definition) is 6. The Bertz CT molecular complexity index is 515. The second-order valence-electron chi connectivity index (χ2n) is 5.37. The molecule has 1 unspecified atom stereocenters. The van der Waals surface area contributed by atoms with Gasteiger partial charge in [-0.1, -0.05) is 0 Å². The molecule has 0 radical (unpaired) electrons. The molecule has 0 amide bonds. The first-order chi connectivity index (χ1) is 9.73. The molecule has 7 heteroatoms. The number of aromatic nitrogens is 1. The number of pyridine rings is 1. The summed E-state index contributed by atoms with van der Waals surface area (Å²) in [7, 11) is 3.45. The van der Waals surface area contributed by atoms with Crippen LogP contribution in [-0.2, 0) is 15.9 Å². The molecule has 6 nitrogen and oxygen atoms in total. The van der Waals surface area contributed by atoms with Crippen molar-refractivity contribution in [3.8, 4) is 0 Å². The first kappa shape index (κ1) is 17.6. The van der Waals surface area contributed by atoms with Crippen molar-refractivity contribution in [1.29, 1.82) is 0 Å². The van der Waals surface area contributed by atoms with Crippen molar-refractivity contribution in [2.45, 2.75) is 38.2 Å². The lowest BCUT2D eigenvalue weighted by atomic mass is 10.2. The van der Waals surface area contributed by atoms with E-state index in [1.54, 1.807) is 47.9 Å². The molecular weight excluding hydrogens is 290 g/mol. The van der Waals surface area contributed by atoms with Crippen molar-refractivity contribution in [1.82, 2.24) is 4.98 Å². The lowest BCUT2D eigenvalue weighted by Crippen LogP contribution is -2.26. The molecule has 21 heavy (non-hydrogen) atoms. The van der Waals surface area contributed by atoms with E-state index in [0.29, 0.717) is 22.2 Å². The molecule has 1 atom stereocenters. The van der Waals surface area contributed by atoms with Gasteiger partial charge in [-0.05, 0) is 38.9 Å². The van der Waals surface area contributed by atoms with E-state index in [0.717, 1.165) is 0 Å². The monoisotopic (exact) mass is 313 g/mol. The summed E-state index contributed by atoms with van der Waals surface area (Å²) in [6.45, 7) is 7.13. The minimum absolute atomic E-state index is 0.0912. The van der Waals surface area contributed by atoms with Gasteiger partial charge in [-0.25, -0.2) is 9.78 Å². The number of nitrogens with zero attached hydrogens (tertiary/aromatic N) is 1. The number of nitrogens with one attached hydrogen (secondary N) is 2. The molecular formula is C14H23N3O3S. The van der Waals surface area contributed by atoms with E-state index >= 15 is 0 Å². The Balaban J connectivity index is 3.36.